The Morgan fingerprint density at radius 3 is 2.80 bits per heavy atom. The van der Waals surface area contributed by atoms with E-state index in [1.807, 2.05) is 11.8 Å². The Morgan fingerprint density at radius 1 is 1.45 bits per heavy atom. The van der Waals surface area contributed by atoms with Gasteiger partial charge >= 0.3 is 0 Å². The van der Waals surface area contributed by atoms with E-state index in [9.17, 15) is 0 Å². The number of thioether (sulfide) groups is 1. The summed E-state index contributed by atoms with van der Waals surface area (Å²) in [5.41, 5.74) is 8.41. The molecule has 112 valence electrons. The van der Waals surface area contributed by atoms with Crippen LogP contribution in [-0.4, -0.2) is 29.6 Å². The van der Waals surface area contributed by atoms with E-state index in [0.717, 1.165) is 36.5 Å². The molecular weight excluding hydrogens is 288 g/mol. The van der Waals surface area contributed by atoms with Crippen LogP contribution >= 0.6 is 23.4 Å². The van der Waals surface area contributed by atoms with E-state index in [4.69, 9.17) is 17.3 Å². The van der Waals surface area contributed by atoms with E-state index >= 15 is 0 Å². The number of halogens is 1. The molecule has 2 N–H and O–H groups in total. The van der Waals surface area contributed by atoms with E-state index in [2.05, 4.69) is 43.9 Å². The second kappa shape index (κ2) is 6.59. The highest BCUT2D eigenvalue weighted by molar-refractivity contribution is 8.00. The predicted octanol–water partition coefficient (Wildman–Crippen LogP) is 3.95. The first-order valence-electron chi connectivity index (χ1n) is 7.34. The number of nitrogens with two attached hydrogens (primary N) is 1. The van der Waals surface area contributed by atoms with Crippen molar-refractivity contribution in [2.75, 3.05) is 23.7 Å². The van der Waals surface area contributed by atoms with Gasteiger partial charge in [0.1, 0.15) is 0 Å². The lowest BCUT2D eigenvalue weighted by molar-refractivity contribution is 0.643. The summed E-state index contributed by atoms with van der Waals surface area (Å²) in [4.78, 5) is 2.44. The number of hydrogen-bond acceptors (Lipinski definition) is 3. The molecule has 0 aromatic heterocycles. The summed E-state index contributed by atoms with van der Waals surface area (Å²) >= 11 is 8.48. The second-order valence-electron chi connectivity index (χ2n) is 6.18. The summed E-state index contributed by atoms with van der Waals surface area (Å²) in [5.74, 6) is 1.17. The summed E-state index contributed by atoms with van der Waals surface area (Å²) in [5, 5.41) is 0.849. The van der Waals surface area contributed by atoms with Crippen molar-refractivity contribution in [1.29, 1.82) is 0 Å². The zero-order chi connectivity index (χ0) is 14.8. The molecule has 4 heteroatoms. The molecule has 2 rings (SSSR count). The maximum atomic E-state index is 6.43. The Hall–Kier alpha value is -0.380. The Bertz CT molecular complexity index is 462. The van der Waals surface area contributed by atoms with Gasteiger partial charge in [-0.3, -0.25) is 0 Å². The maximum absolute atomic E-state index is 6.43. The molecule has 2 nitrogen and oxygen atoms in total. The van der Waals surface area contributed by atoms with Gasteiger partial charge in [0.05, 0.1) is 0 Å². The minimum absolute atomic E-state index is 0.198. The van der Waals surface area contributed by atoms with Crippen molar-refractivity contribution >= 4 is 29.1 Å². The molecule has 0 saturated carbocycles. The van der Waals surface area contributed by atoms with E-state index < -0.39 is 0 Å². The molecule has 1 saturated heterocycles. The van der Waals surface area contributed by atoms with Gasteiger partial charge in [0.15, 0.2) is 0 Å². The summed E-state index contributed by atoms with van der Waals surface area (Å²) in [6.07, 6.45) is 1.84. The van der Waals surface area contributed by atoms with E-state index in [1.165, 1.54) is 11.4 Å². The lowest BCUT2D eigenvalue weighted by Crippen LogP contribution is -2.43. The first-order chi connectivity index (χ1) is 9.41. The highest BCUT2D eigenvalue weighted by Gasteiger charge is 2.27. The lowest BCUT2D eigenvalue weighted by atomic mass is 10.0. The summed E-state index contributed by atoms with van der Waals surface area (Å²) in [7, 11) is 0. The number of rotatable bonds is 4. The second-order valence-corrected chi connectivity index (χ2v) is 8.39. The Balaban J connectivity index is 2.12. The normalized spacial score (nSPS) is 19.9. The van der Waals surface area contributed by atoms with Crippen molar-refractivity contribution in [3.63, 3.8) is 0 Å². The van der Waals surface area contributed by atoms with Crippen molar-refractivity contribution in [3.05, 3.63) is 28.8 Å². The van der Waals surface area contributed by atoms with E-state index in [-0.39, 0.29) is 6.04 Å². The highest BCUT2D eigenvalue weighted by atomic mass is 35.5. The number of anilines is 1. The molecule has 1 aromatic carbocycles. The van der Waals surface area contributed by atoms with Crippen molar-refractivity contribution < 1.29 is 0 Å². The molecule has 1 aromatic rings. The molecular formula is C16H25ClN2S. The molecule has 1 aliphatic rings. The third-order valence-electron chi connectivity index (χ3n) is 3.83. The fourth-order valence-electron chi connectivity index (χ4n) is 2.56. The molecule has 1 fully saturated rings. The van der Waals surface area contributed by atoms with Crippen LogP contribution in [0.3, 0.4) is 0 Å². The standard InChI is InChI=1S/C16H25ClN2S/c1-4-13(18)9-12-5-6-14(10-15(12)17)19-7-8-20-16(2,3)11-19/h5-6,10,13H,4,7-9,11,18H2,1-3H3. The zero-order valence-corrected chi connectivity index (χ0v) is 14.2. The van der Waals surface area contributed by atoms with Crippen LogP contribution in [0.4, 0.5) is 5.69 Å². The predicted molar refractivity (Wildman–Crippen MR) is 92.2 cm³/mol. The average Bonchev–Trinajstić information content (AvgIpc) is 2.39. The van der Waals surface area contributed by atoms with Crippen LogP contribution in [0.1, 0.15) is 32.8 Å². The van der Waals surface area contributed by atoms with Crippen LogP contribution in [0.15, 0.2) is 18.2 Å². The fourth-order valence-corrected chi connectivity index (χ4v) is 3.93. The summed E-state index contributed by atoms with van der Waals surface area (Å²) in [6, 6.07) is 6.63. The largest absolute Gasteiger partial charge is 0.369 e. The smallest absolute Gasteiger partial charge is 0.0459 e. The Labute approximate surface area is 132 Å². The average molecular weight is 313 g/mol. The quantitative estimate of drug-likeness (QED) is 0.912. The molecule has 0 amide bonds. The van der Waals surface area contributed by atoms with Crippen molar-refractivity contribution in [3.8, 4) is 0 Å². The van der Waals surface area contributed by atoms with Crippen LogP contribution in [0.5, 0.6) is 0 Å². The number of hydrogen-bond donors (Lipinski definition) is 1. The van der Waals surface area contributed by atoms with Gasteiger partial charge in [-0.25, -0.2) is 0 Å². The van der Waals surface area contributed by atoms with E-state index in [1.54, 1.807) is 0 Å². The van der Waals surface area contributed by atoms with Crippen LogP contribution in [-0.2, 0) is 6.42 Å². The maximum Gasteiger partial charge on any atom is 0.0459 e. The van der Waals surface area contributed by atoms with Crippen LogP contribution in [0, 0.1) is 0 Å². The van der Waals surface area contributed by atoms with Crippen LogP contribution in [0.2, 0.25) is 5.02 Å². The summed E-state index contributed by atoms with van der Waals surface area (Å²) < 4.78 is 0.313. The van der Waals surface area contributed by atoms with Crippen LogP contribution < -0.4 is 10.6 Å². The molecule has 0 spiro atoms. The van der Waals surface area contributed by atoms with Crippen molar-refractivity contribution in [2.24, 2.45) is 5.73 Å². The molecule has 1 heterocycles. The van der Waals surface area contributed by atoms with Gasteiger partial charge in [0.25, 0.3) is 0 Å². The molecule has 1 atom stereocenters. The SMILES string of the molecule is CCC(N)Cc1ccc(N2CCSC(C)(C)C2)cc1Cl. The molecule has 0 radical (unpaired) electrons. The minimum Gasteiger partial charge on any atom is -0.369 e. The third-order valence-corrected chi connectivity index (χ3v) is 5.48. The number of benzene rings is 1. The first kappa shape index (κ1) is 16.0. The van der Waals surface area contributed by atoms with Crippen molar-refractivity contribution in [2.45, 2.75) is 44.4 Å². The first-order valence-corrected chi connectivity index (χ1v) is 8.70. The van der Waals surface area contributed by atoms with Crippen molar-refractivity contribution in [1.82, 2.24) is 0 Å². The lowest BCUT2D eigenvalue weighted by Gasteiger charge is -2.39. The molecule has 0 aliphatic carbocycles. The van der Waals surface area contributed by atoms with Crippen LogP contribution in [0.25, 0.3) is 0 Å². The van der Waals surface area contributed by atoms with Gasteiger partial charge < -0.3 is 10.6 Å². The fraction of sp³-hybridized carbons (Fsp3) is 0.625. The van der Waals surface area contributed by atoms with E-state index in [0.29, 0.717) is 4.75 Å². The summed E-state index contributed by atoms with van der Waals surface area (Å²) in [6.45, 7) is 8.89. The number of nitrogens with zero attached hydrogens (tertiary/aromatic N) is 1. The molecule has 0 bridgehead atoms. The monoisotopic (exact) mass is 312 g/mol. The third kappa shape index (κ3) is 4.06. The topological polar surface area (TPSA) is 29.3 Å². The van der Waals surface area contributed by atoms with Gasteiger partial charge in [-0.1, -0.05) is 24.6 Å². The highest BCUT2D eigenvalue weighted by Crippen LogP contribution is 2.33. The molecule has 1 unspecified atom stereocenters. The minimum atomic E-state index is 0.198. The molecule has 20 heavy (non-hydrogen) atoms. The Morgan fingerprint density at radius 2 is 2.20 bits per heavy atom. The zero-order valence-electron chi connectivity index (χ0n) is 12.7. The van der Waals surface area contributed by atoms with Gasteiger partial charge in [0.2, 0.25) is 0 Å². The van der Waals surface area contributed by atoms with Gasteiger partial charge in [-0.05, 0) is 44.4 Å². The molecule has 1 aliphatic heterocycles. The van der Waals surface area contributed by atoms with Gasteiger partial charge in [0, 0.05) is 40.3 Å². The van der Waals surface area contributed by atoms with Gasteiger partial charge in [-0.15, -0.1) is 0 Å². The Kier molecular flexibility index (Phi) is 5.27. The van der Waals surface area contributed by atoms with Gasteiger partial charge in [-0.2, -0.15) is 11.8 Å².